The molecule has 8 bridgehead atoms. The Kier molecular flexibility index (Phi) is 40.2. The van der Waals surface area contributed by atoms with Gasteiger partial charge in [-0.25, -0.2) is 9.97 Å². The molecule has 2 aliphatic rings. The third kappa shape index (κ3) is 28.8. The fourth-order valence-electron chi connectivity index (χ4n) is 13.8. The van der Waals surface area contributed by atoms with E-state index in [1.165, 1.54) is 218 Å². The number of hydrogen-bond acceptors (Lipinski definition) is 8. The van der Waals surface area contributed by atoms with Crippen LogP contribution in [0.4, 0.5) is 0 Å². The van der Waals surface area contributed by atoms with Gasteiger partial charge in [0.1, 0.15) is 0 Å². The molecule has 5 heterocycles. The molecule has 10 heteroatoms. The second kappa shape index (κ2) is 47.4. The van der Waals surface area contributed by atoms with E-state index in [4.69, 9.17) is 28.9 Å². The Bertz CT molecular complexity index is 2780. The fourth-order valence-corrected chi connectivity index (χ4v) is 13.8. The summed E-state index contributed by atoms with van der Waals surface area (Å²) in [6, 6.07) is 8.77. The Hall–Kier alpha value is -4.54. The minimum Gasteiger partial charge on any atom is -0.466 e. The average Bonchev–Trinajstić information content (AvgIpc) is 1.62. The first-order valence-corrected chi connectivity index (χ1v) is 38.6. The normalized spacial score (nSPS) is 13.2. The van der Waals surface area contributed by atoms with Crippen molar-refractivity contribution in [1.29, 1.82) is 0 Å². The molecule has 0 aliphatic carbocycles. The number of unbranched alkanes of at least 4 members (excludes halogenated alkanes) is 36. The van der Waals surface area contributed by atoms with E-state index in [2.05, 4.69) is 103 Å². The topological polar surface area (TPSA) is 128 Å². The monoisotopic (exact) mass is 1270 g/mol. The molecule has 2 unspecified atom stereocenters. The smallest absolute Gasteiger partial charge is 0.306 e. The highest BCUT2D eigenvalue weighted by Gasteiger charge is 2.26. The fraction of sp³-hybridized carbons (Fsp3) is 0.732. The molecule has 2 aliphatic heterocycles. The van der Waals surface area contributed by atoms with Gasteiger partial charge in [-0.05, 0) is 138 Å². The number of ether oxygens (including phenoxy) is 4. The Balaban J connectivity index is 1.49. The van der Waals surface area contributed by atoms with Gasteiger partial charge in [0.05, 0.1) is 48.2 Å². The van der Waals surface area contributed by atoms with Crippen LogP contribution in [-0.4, -0.2) is 64.4 Å². The summed E-state index contributed by atoms with van der Waals surface area (Å²) in [4.78, 5) is 46.0. The van der Waals surface area contributed by atoms with E-state index in [1.807, 2.05) is 0 Å². The number of carbonyl (C=O) groups is 2. The highest BCUT2D eigenvalue weighted by atomic mass is 16.5. The van der Waals surface area contributed by atoms with Crippen molar-refractivity contribution >= 4 is 56.3 Å². The number of esters is 2. The molecule has 92 heavy (non-hydrogen) atoms. The summed E-state index contributed by atoms with van der Waals surface area (Å²) in [7, 11) is 0. The van der Waals surface area contributed by atoms with E-state index in [-0.39, 0.29) is 37.0 Å². The van der Waals surface area contributed by atoms with Gasteiger partial charge < -0.3 is 28.9 Å². The summed E-state index contributed by atoms with van der Waals surface area (Å²) in [5.74, 6) is -0.345. The largest absolute Gasteiger partial charge is 0.466 e. The molecule has 518 valence electrons. The number of carbonyl (C=O) groups excluding carboxylic acids is 2. The molecule has 0 fully saturated rings. The van der Waals surface area contributed by atoms with E-state index in [0.29, 0.717) is 39.3 Å². The van der Waals surface area contributed by atoms with Crippen LogP contribution in [0.15, 0.2) is 24.3 Å². The lowest BCUT2D eigenvalue weighted by atomic mass is 9.99. The zero-order chi connectivity index (χ0) is 66.0. The predicted molar refractivity (Wildman–Crippen MR) is 392 cm³/mol. The first kappa shape index (κ1) is 78.2. The maximum Gasteiger partial charge on any atom is 0.306 e. The number of allylic oxidation sites excluding steroid dienone is 3. The first-order chi connectivity index (χ1) is 44.9. The van der Waals surface area contributed by atoms with Crippen molar-refractivity contribution in [3.8, 4) is 0 Å². The van der Waals surface area contributed by atoms with Crippen molar-refractivity contribution in [3.05, 3.63) is 69.3 Å². The van der Waals surface area contributed by atoms with Crippen LogP contribution >= 0.6 is 0 Å². The third-order valence-corrected chi connectivity index (χ3v) is 19.9. The second-order valence-electron chi connectivity index (χ2n) is 27.7. The number of hydrogen-bond donors (Lipinski definition) is 2. The maximum atomic E-state index is 13.6. The van der Waals surface area contributed by atoms with Crippen LogP contribution in [0.2, 0.25) is 0 Å². The predicted octanol–water partition coefficient (Wildman–Crippen LogP) is 24.8. The molecule has 0 saturated carbocycles. The lowest BCUT2D eigenvalue weighted by Crippen LogP contribution is -2.12. The van der Waals surface area contributed by atoms with Crippen LogP contribution in [0, 0.1) is 13.8 Å². The van der Waals surface area contributed by atoms with Gasteiger partial charge in [0.25, 0.3) is 0 Å². The van der Waals surface area contributed by atoms with Crippen LogP contribution < -0.4 is 0 Å². The van der Waals surface area contributed by atoms with Crippen molar-refractivity contribution in [2.45, 2.75) is 364 Å². The highest BCUT2D eigenvalue weighted by Crippen LogP contribution is 2.39. The summed E-state index contributed by atoms with van der Waals surface area (Å²) in [5.41, 5.74) is 15.8. The molecule has 0 spiro atoms. The van der Waals surface area contributed by atoms with Crippen molar-refractivity contribution in [1.82, 2.24) is 19.9 Å². The first-order valence-electron chi connectivity index (χ1n) is 38.6. The second-order valence-corrected chi connectivity index (χ2v) is 27.7. The Morgan fingerprint density at radius 3 is 1.18 bits per heavy atom. The molecule has 2 N–H and O–H groups in total. The van der Waals surface area contributed by atoms with E-state index in [0.717, 1.165) is 128 Å². The number of aryl methyl sites for hydroxylation is 3. The minimum atomic E-state index is -0.185. The molecular formula is C82H134N4O6. The standard InChI is InChI=1S/C82H134N4O6/c1-11-15-19-23-27-31-35-39-43-47-55-89-67(9)81-65(7)73-59-71-63(5)69(51-53-79(87)91-57-49-45-41-37-33-29-25-21-17-13-3)75(83-71)62-76-70(52-54-80(88)92-58-50-46-42-38-34-30-26-22-18-14-4)64(6)72(84-76)60-77-82(66(8)74(86-77)61-78(81)85-73)68(10)90-56-48-44-40-36-32-28-24-20-16-12-2/h59-62,67-68,84,86H,11-58H2,1-10H3. The average molecular weight is 1270 g/mol. The van der Waals surface area contributed by atoms with E-state index < -0.39 is 0 Å². The van der Waals surface area contributed by atoms with Crippen molar-refractivity contribution in [2.75, 3.05) is 26.4 Å². The van der Waals surface area contributed by atoms with Gasteiger partial charge in [0.15, 0.2) is 0 Å². The molecule has 0 radical (unpaired) electrons. The quantitative estimate of drug-likeness (QED) is 0.0422. The van der Waals surface area contributed by atoms with Crippen LogP contribution in [-0.2, 0) is 35.0 Å². The van der Waals surface area contributed by atoms with Gasteiger partial charge in [0.2, 0.25) is 0 Å². The summed E-state index contributed by atoms with van der Waals surface area (Å²) >= 11 is 0. The highest BCUT2D eigenvalue weighted by molar-refractivity contribution is 5.97. The number of aromatic amines is 2. The third-order valence-electron chi connectivity index (χ3n) is 19.9. The molecular weight excluding hydrogens is 1140 g/mol. The van der Waals surface area contributed by atoms with E-state index in [1.54, 1.807) is 0 Å². The lowest BCUT2D eigenvalue weighted by Gasteiger charge is -2.16. The summed E-state index contributed by atoms with van der Waals surface area (Å²) in [6.45, 7) is 24.5. The lowest BCUT2D eigenvalue weighted by molar-refractivity contribution is -0.144. The number of aromatic nitrogens is 4. The van der Waals surface area contributed by atoms with Gasteiger partial charge in [-0.1, -0.05) is 259 Å². The number of fused-ring (bicyclic) bond motifs is 8. The van der Waals surface area contributed by atoms with Crippen molar-refractivity contribution in [2.24, 2.45) is 0 Å². The maximum absolute atomic E-state index is 13.6. The summed E-state index contributed by atoms with van der Waals surface area (Å²) in [6.07, 6.45) is 51.5. The molecule has 3 aromatic heterocycles. The Morgan fingerprint density at radius 1 is 0.370 bits per heavy atom. The number of rotatable bonds is 54. The Morgan fingerprint density at radius 2 is 0.728 bits per heavy atom. The molecule has 0 aromatic carbocycles. The number of nitrogens with one attached hydrogen (secondary N) is 2. The molecule has 5 rings (SSSR count). The van der Waals surface area contributed by atoms with Crippen LogP contribution in [0.5, 0.6) is 0 Å². The van der Waals surface area contributed by atoms with Gasteiger partial charge in [-0.3, -0.25) is 9.59 Å². The zero-order valence-electron chi connectivity index (χ0n) is 60.7. The van der Waals surface area contributed by atoms with Crippen LogP contribution in [0.25, 0.3) is 44.4 Å². The molecule has 2 atom stereocenters. The molecule has 0 amide bonds. The SMILES string of the molecule is CCCCCCCCCCCCOC(=O)CCC1=C(C)c2cc3nc(cc4[nH]c(cc5[nH]c(cc1n2)c(CCC(=O)OCCCCCCCCCCCC)c5C)c(C(C)OCCCCCCCCCCCC)c4C)C(C(C)OCCCCCCCCCCCC)=C3C. The van der Waals surface area contributed by atoms with Gasteiger partial charge in [-0.2, -0.15) is 0 Å². The molecule has 3 aromatic rings. The molecule has 10 nitrogen and oxygen atoms in total. The molecule has 0 saturated heterocycles. The number of nitrogens with zero attached hydrogens (tertiary/aromatic N) is 2. The van der Waals surface area contributed by atoms with Gasteiger partial charge in [-0.15, -0.1) is 0 Å². The van der Waals surface area contributed by atoms with E-state index >= 15 is 0 Å². The van der Waals surface area contributed by atoms with E-state index in [9.17, 15) is 9.59 Å². The van der Waals surface area contributed by atoms with Crippen molar-refractivity contribution in [3.63, 3.8) is 0 Å². The van der Waals surface area contributed by atoms with Gasteiger partial charge >= 0.3 is 11.9 Å². The zero-order valence-corrected chi connectivity index (χ0v) is 60.7. The van der Waals surface area contributed by atoms with Crippen LogP contribution in [0.1, 0.15) is 383 Å². The summed E-state index contributed by atoms with van der Waals surface area (Å²) in [5, 5.41) is 0. The summed E-state index contributed by atoms with van der Waals surface area (Å²) < 4.78 is 25.4. The Labute approximate surface area is 561 Å². The minimum absolute atomic E-state index is 0.168. The van der Waals surface area contributed by atoms with Crippen LogP contribution in [0.3, 0.4) is 0 Å². The van der Waals surface area contributed by atoms with Crippen molar-refractivity contribution < 1.29 is 28.5 Å². The number of H-pyrrole nitrogens is 2. The van der Waals surface area contributed by atoms with Gasteiger partial charge in [0, 0.05) is 59.3 Å².